The molecule has 29 heavy (non-hydrogen) atoms. The van der Waals surface area contributed by atoms with Crippen molar-refractivity contribution in [3.05, 3.63) is 69.9 Å². The Hall–Kier alpha value is -3.41. The highest BCUT2D eigenvalue weighted by molar-refractivity contribution is 6.03. The van der Waals surface area contributed by atoms with Crippen molar-refractivity contribution in [1.82, 2.24) is 5.32 Å². The second kappa shape index (κ2) is 7.54. The van der Waals surface area contributed by atoms with Crippen molar-refractivity contribution in [2.24, 2.45) is 0 Å². The first-order valence-electron chi connectivity index (χ1n) is 9.59. The summed E-state index contributed by atoms with van der Waals surface area (Å²) in [4.78, 5) is 37.7. The molecule has 1 aliphatic rings. The van der Waals surface area contributed by atoms with Gasteiger partial charge in [0.15, 0.2) is 17.1 Å². The number of rotatable bonds is 5. The van der Waals surface area contributed by atoms with Crippen LogP contribution in [0.1, 0.15) is 35.7 Å². The van der Waals surface area contributed by atoms with Gasteiger partial charge in [0.2, 0.25) is 0 Å². The van der Waals surface area contributed by atoms with Gasteiger partial charge in [-0.3, -0.25) is 9.59 Å². The van der Waals surface area contributed by atoms with Crippen molar-refractivity contribution in [2.75, 3.05) is 0 Å². The van der Waals surface area contributed by atoms with E-state index in [-0.39, 0.29) is 28.5 Å². The number of nitrogens with one attached hydrogen (secondary N) is 1. The lowest BCUT2D eigenvalue weighted by Crippen LogP contribution is -2.37. The van der Waals surface area contributed by atoms with Crippen molar-refractivity contribution in [1.29, 1.82) is 0 Å². The fourth-order valence-corrected chi connectivity index (χ4v) is 3.16. The molecule has 0 bridgehead atoms. The van der Waals surface area contributed by atoms with Gasteiger partial charge in [0.05, 0.1) is 5.39 Å². The van der Waals surface area contributed by atoms with Crippen molar-refractivity contribution in [3.8, 4) is 11.3 Å². The molecule has 1 saturated carbocycles. The van der Waals surface area contributed by atoms with Crippen molar-refractivity contribution >= 4 is 22.8 Å². The zero-order valence-corrected chi connectivity index (χ0v) is 16.2. The number of carbonyl (C=O) groups excluding carboxylic acids is 2. The second-order valence-electron chi connectivity index (χ2n) is 7.26. The summed E-state index contributed by atoms with van der Waals surface area (Å²) in [7, 11) is 0. The fourth-order valence-electron chi connectivity index (χ4n) is 3.16. The highest BCUT2D eigenvalue weighted by Crippen LogP contribution is 2.27. The van der Waals surface area contributed by atoms with Crippen LogP contribution < -0.4 is 10.7 Å². The lowest BCUT2D eigenvalue weighted by atomic mass is 10.0. The van der Waals surface area contributed by atoms with Crippen LogP contribution in [0.2, 0.25) is 0 Å². The molecule has 1 N–H and O–H groups in total. The number of carbonyl (C=O) groups is 2. The predicted molar refractivity (Wildman–Crippen MR) is 109 cm³/mol. The third-order valence-corrected chi connectivity index (χ3v) is 4.98. The fraction of sp³-hybridized carbons (Fsp3) is 0.261. The molecule has 1 atom stereocenters. The molecule has 1 heterocycles. The summed E-state index contributed by atoms with van der Waals surface area (Å²) in [5, 5.41) is 3.10. The van der Waals surface area contributed by atoms with Gasteiger partial charge in [-0.15, -0.1) is 0 Å². The second-order valence-corrected chi connectivity index (χ2v) is 7.26. The normalized spacial score (nSPS) is 14.4. The standard InChI is InChI=1S/C23H21NO5/c1-13-19(25)17-9-6-10-18(21(17)29-20(13)15-7-4-3-5-8-15)23(27)28-14(2)22(26)24-16-11-12-16/h3-10,14,16H,11-12H2,1-2H3,(H,24,26)/t14-/m0/s1. The first kappa shape index (κ1) is 18.9. The molecular weight excluding hydrogens is 370 g/mol. The molecule has 0 radical (unpaired) electrons. The van der Waals surface area contributed by atoms with Gasteiger partial charge in [-0.25, -0.2) is 4.79 Å². The van der Waals surface area contributed by atoms with E-state index in [1.807, 2.05) is 30.3 Å². The first-order chi connectivity index (χ1) is 14.0. The molecule has 1 aromatic heterocycles. The van der Waals surface area contributed by atoms with Crippen LogP contribution in [-0.4, -0.2) is 24.0 Å². The maximum absolute atomic E-state index is 12.9. The Labute approximate surface area is 167 Å². The SMILES string of the molecule is Cc1c(-c2ccccc2)oc2c(C(=O)O[C@@H](C)C(=O)NC3CC3)cccc2c1=O. The molecule has 3 aromatic rings. The molecule has 0 unspecified atom stereocenters. The van der Waals surface area contributed by atoms with E-state index in [1.54, 1.807) is 19.1 Å². The predicted octanol–water partition coefficient (Wildman–Crippen LogP) is 3.59. The summed E-state index contributed by atoms with van der Waals surface area (Å²) in [5.41, 5.74) is 1.26. The highest BCUT2D eigenvalue weighted by atomic mass is 16.5. The largest absolute Gasteiger partial charge is 0.455 e. The molecule has 0 aliphatic heterocycles. The van der Waals surface area contributed by atoms with Gasteiger partial charge in [0.25, 0.3) is 5.91 Å². The van der Waals surface area contributed by atoms with E-state index in [0.717, 1.165) is 18.4 Å². The zero-order chi connectivity index (χ0) is 20.5. The number of amides is 1. The quantitative estimate of drug-likeness (QED) is 0.672. The molecule has 0 saturated heterocycles. The Morgan fingerprint density at radius 2 is 1.83 bits per heavy atom. The maximum atomic E-state index is 12.9. The van der Waals surface area contributed by atoms with Crippen LogP contribution in [0.4, 0.5) is 0 Å². The summed E-state index contributed by atoms with van der Waals surface area (Å²) < 4.78 is 11.4. The molecule has 1 amide bonds. The number of benzene rings is 2. The number of ether oxygens (including phenoxy) is 1. The molecular formula is C23H21NO5. The van der Waals surface area contributed by atoms with Gasteiger partial charge in [0, 0.05) is 17.2 Å². The summed E-state index contributed by atoms with van der Waals surface area (Å²) in [6.07, 6.45) is 0.953. The third-order valence-electron chi connectivity index (χ3n) is 4.98. The average Bonchev–Trinajstić information content (AvgIpc) is 3.54. The van der Waals surface area contributed by atoms with E-state index in [1.165, 1.54) is 13.0 Å². The average molecular weight is 391 g/mol. The van der Waals surface area contributed by atoms with Crippen molar-refractivity contribution in [2.45, 2.75) is 38.8 Å². The molecule has 1 fully saturated rings. The van der Waals surface area contributed by atoms with Crippen LogP contribution in [0.15, 0.2) is 57.7 Å². The van der Waals surface area contributed by atoms with Gasteiger partial charge >= 0.3 is 5.97 Å². The van der Waals surface area contributed by atoms with E-state index in [9.17, 15) is 14.4 Å². The number of hydrogen-bond acceptors (Lipinski definition) is 5. The Morgan fingerprint density at radius 1 is 1.10 bits per heavy atom. The van der Waals surface area contributed by atoms with Crippen LogP contribution in [0, 0.1) is 6.92 Å². The summed E-state index contributed by atoms with van der Waals surface area (Å²) in [6, 6.07) is 14.2. The number of fused-ring (bicyclic) bond motifs is 1. The third kappa shape index (κ3) is 3.78. The number of hydrogen-bond donors (Lipinski definition) is 1. The topological polar surface area (TPSA) is 85.6 Å². The molecule has 1 aliphatic carbocycles. The van der Waals surface area contributed by atoms with E-state index >= 15 is 0 Å². The van der Waals surface area contributed by atoms with Crippen molar-refractivity contribution < 1.29 is 18.7 Å². The molecule has 2 aromatic carbocycles. The lowest BCUT2D eigenvalue weighted by Gasteiger charge is -2.14. The van der Waals surface area contributed by atoms with Gasteiger partial charge < -0.3 is 14.5 Å². The van der Waals surface area contributed by atoms with Gasteiger partial charge in [-0.1, -0.05) is 36.4 Å². The molecule has 6 nitrogen and oxygen atoms in total. The zero-order valence-electron chi connectivity index (χ0n) is 16.2. The summed E-state index contributed by atoms with van der Waals surface area (Å²) >= 11 is 0. The monoisotopic (exact) mass is 391 g/mol. The smallest absolute Gasteiger partial charge is 0.342 e. The summed E-state index contributed by atoms with van der Waals surface area (Å²) in [6.45, 7) is 3.22. The van der Waals surface area contributed by atoms with Crippen LogP contribution in [0.3, 0.4) is 0 Å². The minimum Gasteiger partial charge on any atom is -0.455 e. The molecule has 148 valence electrons. The van der Waals surface area contributed by atoms with Gasteiger partial charge in [-0.2, -0.15) is 0 Å². The van der Waals surface area contributed by atoms with E-state index < -0.39 is 12.1 Å². The van der Waals surface area contributed by atoms with Crippen LogP contribution in [0.5, 0.6) is 0 Å². The van der Waals surface area contributed by atoms with Crippen molar-refractivity contribution in [3.63, 3.8) is 0 Å². The lowest BCUT2D eigenvalue weighted by molar-refractivity contribution is -0.129. The Bertz CT molecular complexity index is 1150. The maximum Gasteiger partial charge on any atom is 0.342 e. The highest BCUT2D eigenvalue weighted by Gasteiger charge is 2.28. The Morgan fingerprint density at radius 3 is 2.52 bits per heavy atom. The number of esters is 1. The minimum atomic E-state index is -0.941. The van der Waals surface area contributed by atoms with Gasteiger partial charge in [-0.05, 0) is 38.8 Å². The van der Waals surface area contributed by atoms with E-state index in [2.05, 4.69) is 5.32 Å². The molecule has 4 rings (SSSR count). The van der Waals surface area contributed by atoms with Gasteiger partial charge in [0.1, 0.15) is 11.3 Å². The Kier molecular flexibility index (Phi) is 4.92. The Balaban J connectivity index is 1.72. The summed E-state index contributed by atoms with van der Waals surface area (Å²) in [5.74, 6) is -0.633. The first-order valence-corrected chi connectivity index (χ1v) is 9.59. The molecule has 6 heteroatoms. The van der Waals surface area contributed by atoms with Crippen LogP contribution >= 0.6 is 0 Å². The molecule has 0 spiro atoms. The minimum absolute atomic E-state index is 0.114. The number of para-hydroxylation sites is 1. The van der Waals surface area contributed by atoms with E-state index in [0.29, 0.717) is 16.7 Å². The van der Waals surface area contributed by atoms with Crippen LogP contribution in [0.25, 0.3) is 22.3 Å². The van der Waals surface area contributed by atoms with Crippen LogP contribution in [-0.2, 0) is 9.53 Å². The van der Waals surface area contributed by atoms with E-state index in [4.69, 9.17) is 9.15 Å².